The minimum atomic E-state index is 0.0292. The zero-order valence-electron chi connectivity index (χ0n) is 11.2. The fourth-order valence-corrected chi connectivity index (χ4v) is 1.42. The van der Waals surface area contributed by atoms with Crippen LogP contribution in [0.3, 0.4) is 0 Å². The van der Waals surface area contributed by atoms with Crippen LogP contribution in [0.2, 0.25) is 0 Å². The van der Waals surface area contributed by atoms with Gasteiger partial charge >= 0.3 is 0 Å². The minimum Gasteiger partial charge on any atom is -0.477 e. The van der Waals surface area contributed by atoms with E-state index in [1.165, 1.54) is 0 Å². The van der Waals surface area contributed by atoms with Crippen molar-refractivity contribution < 1.29 is 4.74 Å². The van der Waals surface area contributed by atoms with Gasteiger partial charge in [0.1, 0.15) is 0 Å². The second kappa shape index (κ2) is 4.81. The maximum absolute atomic E-state index is 5.49. The van der Waals surface area contributed by atoms with Crippen LogP contribution in [0.4, 0.5) is 0 Å². The molecule has 90 valence electrons. The Bertz CT molecular complexity index is 353. The Morgan fingerprint density at radius 2 is 1.88 bits per heavy atom. The van der Waals surface area contributed by atoms with Crippen molar-refractivity contribution in [3.05, 3.63) is 17.3 Å². The number of rotatable bonds is 3. The van der Waals surface area contributed by atoms with Crippen molar-refractivity contribution in [2.24, 2.45) is 0 Å². The Hall–Kier alpha value is -1.12. The molecular formula is C13H22N2O. The number of hydrogen-bond donors (Lipinski definition) is 0. The standard InChI is InChI=1S/C13H22N2O/c1-7-16-12-10(9(2)3)8-11(14-15-12)13(4,5)6/h8-9H,7H2,1-6H3. The number of aromatic nitrogens is 2. The summed E-state index contributed by atoms with van der Waals surface area (Å²) in [5.74, 6) is 1.07. The van der Waals surface area contributed by atoms with Crippen LogP contribution in [0.15, 0.2) is 6.07 Å². The topological polar surface area (TPSA) is 35.0 Å². The molecule has 3 nitrogen and oxygen atoms in total. The van der Waals surface area contributed by atoms with E-state index in [-0.39, 0.29) is 5.41 Å². The van der Waals surface area contributed by atoms with Crippen molar-refractivity contribution in [3.63, 3.8) is 0 Å². The quantitative estimate of drug-likeness (QED) is 0.787. The molecule has 0 saturated carbocycles. The third-order valence-corrected chi connectivity index (χ3v) is 2.46. The molecule has 0 aliphatic carbocycles. The monoisotopic (exact) mass is 222 g/mol. The summed E-state index contributed by atoms with van der Waals surface area (Å²) in [7, 11) is 0. The molecule has 0 amide bonds. The van der Waals surface area contributed by atoms with Crippen LogP contribution in [0.25, 0.3) is 0 Å². The first kappa shape index (κ1) is 12.9. The predicted octanol–water partition coefficient (Wildman–Crippen LogP) is 3.30. The summed E-state index contributed by atoms with van der Waals surface area (Å²) in [5.41, 5.74) is 2.18. The zero-order chi connectivity index (χ0) is 12.3. The van der Waals surface area contributed by atoms with Crippen molar-refractivity contribution in [1.29, 1.82) is 0 Å². The molecule has 0 aliphatic rings. The van der Waals surface area contributed by atoms with Crippen molar-refractivity contribution in [2.45, 2.75) is 52.9 Å². The summed E-state index contributed by atoms with van der Waals surface area (Å²) in [6.07, 6.45) is 0. The van der Waals surface area contributed by atoms with Crippen molar-refractivity contribution >= 4 is 0 Å². The van der Waals surface area contributed by atoms with Gasteiger partial charge in [-0.3, -0.25) is 0 Å². The summed E-state index contributed by atoms with van der Waals surface area (Å²) < 4.78 is 5.49. The number of ether oxygens (including phenoxy) is 1. The molecule has 1 rings (SSSR count). The van der Waals surface area contributed by atoms with Crippen molar-refractivity contribution in [2.75, 3.05) is 6.61 Å². The van der Waals surface area contributed by atoms with Gasteiger partial charge in [0.2, 0.25) is 5.88 Å². The molecule has 0 unspecified atom stereocenters. The maximum Gasteiger partial charge on any atom is 0.236 e. The Labute approximate surface area is 98.2 Å². The van der Waals surface area contributed by atoms with E-state index in [9.17, 15) is 0 Å². The minimum absolute atomic E-state index is 0.0292. The van der Waals surface area contributed by atoms with Gasteiger partial charge in [-0.05, 0) is 18.9 Å². The van der Waals surface area contributed by atoms with Crippen molar-refractivity contribution in [1.82, 2.24) is 10.2 Å². The SMILES string of the molecule is CCOc1nnc(C(C)(C)C)cc1C(C)C. The molecule has 0 aliphatic heterocycles. The Morgan fingerprint density at radius 3 is 2.31 bits per heavy atom. The molecule has 0 atom stereocenters. The first-order valence-corrected chi connectivity index (χ1v) is 5.87. The first-order valence-electron chi connectivity index (χ1n) is 5.87. The highest BCUT2D eigenvalue weighted by Crippen LogP contribution is 2.28. The third-order valence-electron chi connectivity index (χ3n) is 2.46. The first-order chi connectivity index (χ1) is 7.36. The molecule has 0 bridgehead atoms. The summed E-state index contributed by atoms with van der Waals surface area (Å²) in [6, 6.07) is 2.11. The fraction of sp³-hybridized carbons (Fsp3) is 0.692. The number of hydrogen-bond acceptors (Lipinski definition) is 3. The highest BCUT2D eigenvalue weighted by molar-refractivity contribution is 5.31. The molecule has 3 heteroatoms. The molecule has 1 heterocycles. The highest BCUT2D eigenvalue weighted by atomic mass is 16.5. The lowest BCUT2D eigenvalue weighted by Crippen LogP contribution is -2.16. The second-order valence-electron chi connectivity index (χ2n) is 5.33. The van der Waals surface area contributed by atoms with Crippen LogP contribution < -0.4 is 4.74 Å². The van der Waals surface area contributed by atoms with Gasteiger partial charge in [0, 0.05) is 11.0 Å². The lowest BCUT2D eigenvalue weighted by molar-refractivity contribution is 0.315. The van der Waals surface area contributed by atoms with Crippen LogP contribution in [-0.2, 0) is 5.41 Å². The van der Waals surface area contributed by atoms with Crippen LogP contribution in [0.1, 0.15) is 58.7 Å². The van der Waals surface area contributed by atoms with Crippen LogP contribution in [0, 0.1) is 0 Å². The molecular weight excluding hydrogens is 200 g/mol. The normalized spacial score (nSPS) is 11.9. The molecule has 0 spiro atoms. The van der Waals surface area contributed by atoms with E-state index in [1.54, 1.807) is 0 Å². The van der Waals surface area contributed by atoms with E-state index in [2.05, 4.69) is 50.9 Å². The van der Waals surface area contributed by atoms with E-state index in [0.717, 1.165) is 11.3 Å². The molecule has 0 radical (unpaired) electrons. The lowest BCUT2D eigenvalue weighted by atomic mass is 9.90. The summed E-state index contributed by atoms with van der Waals surface area (Å²) in [4.78, 5) is 0. The zero-order valence-corrected chi connectivity index (χ0v) is 11.2. The van der Waals surface area contributed by atoms with E-state index in [1.807, 2.05) is 6.92 Å². The Kier molecular flexibility index (Phi) is 3.89. The lowest BCUT2D eigenvalue weighted by Gasteiger charge is -2.20. The highest BCUT2D eigenvalue weighted by Gasteiger charge is 2.19. The van der Waals surface area contributed by atoms with Gasteiger partial charge in [0.15, 0.2) is 0 Å². The number of nitrogens with zero attached hydrogens (tertiary/aromatic N) is 2. The van der Waals surface area contributed by atoms with Gasteiger partial charge < -0.3 is 4.74 Å². The fourth-order valence-electron chi connectivity index (χ4n) is 1.42. The van der Waals surface area contributed by atoms with Gasteiger partial charge in [-0.15, -0.1) is 5.10 Å². The van der Waals surface area contributed by atoms with Gasteiger partial charge in [0.25, 0.3) is 0 Å². The summed E-state index contributed by atoms with van der Waals surface area (Å²) >= 11 is 0. The van der Waals surface area contributed by atoms with Gasteiger partial charge in [-0.1, -0.05) is 34.6 Å². The van der Waals surface area contributed by atoms with Crippen molar-refractivity contribution in [3.8, 4) is 5.88 Å². The molecule has 0 aromatic carbocycles. The Balaban J connectivity index is 3.17. The molecule has 16 heavy (non-hydrogen) atoms. The van der Waals surface area contributed by atoms with Gasteiger partial charge in [0.05, 0.1) is 12.3 Å². The van der Waals surface area contributed by atoms with Gasteiger partial charge in [-0.2, -0.15) is 5.10 Å². The van der Waals surface area contributed by atoms with Crippen LogP contribution >= 0.6 is 0 Å². The molecule has 0 fully saturated rings. The average Bonchev–Trinajstić information content (AvgIpc) is 2.16. The van der Waals surface area contributed by atoms with E-state index >= 15 is 0 Å². The summed E-state index contributed by atoms with van der Waals surface area (Å²) in [6.45, 7) is 13.3. The van der Waals surface area contributed by atoms with Gasteiger partial charge in [-0.25, -0.2) is 0 Å². The molecule has 1 aromatic rings. The van der Waals surface area contributed by atoms with Crippen LogP contribution in [0.5, 0.6) is 5.88 Å². The molecule has 0 saturated heterocycles. The molecule has 0 N–H and O–H groups in total. The largest absolute Gasteiger partial charge is 0.477 e. The molecule has 1 aromatic heterocycles. The Morgan fingerprint density at radius 1 is 1.25 bits per heavy atom. The van der Waals surface area contributed by atoms with E-state index in [4.69, 9.17) is 4.74 Å². The van der Waals surface area contributed by atoms with Crippen LogP contribution in [-0.4, -0.2) is 16.8 Å². The maximum atomic E-state index is 5.49. The third kappa shape index (κ3) is 2.94. The van der Waals surface area contributed by atoms with E-state index < -0.39 is 0 Å². The summed E-state index contributed by atoms with van der Waals surface area (Å²) in [5, 5.41) is 8.42. The smallest absolute Gasteiger partial charge is 0.236 e. The second-order valence-corrected chi connectivity index (χ2v) is 5.33. The predicted molar refractivity (Wildman–Crippen MR) is 66.0 cm³/mol. The average molecular weight is 222 g/mol. The van der Waals surface area contributed by atoms with E-state index in [0.29, 0.717) is 18.4 Å².